The minimum absolute atomic E-state index is 0.272. The van der Waals surface area contributed by atoms with Crippen molar-refractivity contribution in [1.82, 2.24) is 0 Å². The molecule has 0 spiro atoms. The van der Waals surface area contributed by atoms with E-state index in [1.54, 1.807) is 60.7 Å². The zero-order chi connectivity index (χ0) is 19.0. The van der Waals surface area contributed by atoms with E-state index in [0.29, 0.717) is 28.1 Å². The summed E-state index contributed by atoms with van der Waals surface area (Å²) in [5.41, 5.74) is 2.31. The molecule has 0 aliphatic carbocycles. The summed E-state index contributed by atoms with van der Waals surface area (Å²) in [5, 5.41) is 2.80. The van der Waals surface area contributed by atoms with Gasteiger partial charge < -0.3 is 5.32 Å². The van der Waals surface area contributed by atoms with Gasteiger partial charge in [-0.25, -0.2) is 4.90 Å². The number of hydrogen-bond acceptors (Lipinski definition) is 3. The fraction of sp³-hybridized carbons (Fsp3) is 0. The lowest BCUT2D eigenvalue weighted by Crippen LogP contribution is -2.29. The van der Waals surface area contributed by atoms with Crippen LogP contribution in [-0.4, -0.2) is 17.7 Å². The number of halogens is 1. The molecule has 5 nitrogen and oxygen atoms in total. The number of nitrogens with one attached hydrogen (secondary N) is 1. The van der Waals surface area contributed by atoms with Crippen molar-refractivity contribution in [2.75, 3.05) is 10.2 Å². The van der Waals surface area contributed by atoms with Gasteiger partial charge in [-0.2, -0.15) is 0 Å². The third-order valence-electron chi connectivity index (χ3n) is 4.28. The van der Waals surface area contributed by atoms with E-state index < -0.39 is 0 Å². The normalized spacial score (nSPS) is 12.9. The molecule has 3 aromatic carbocycles. The van der Waals surface area contributed by atoms with Crippen molar-refractivity contribution in [1.29, 1.82) is 0 Å². The van der Waals surface area contributed by atoms with Crippen LogP contribution in [0.15, 0.2) is 77.3 Å². The fourth-order valence-corrected chi connectivity index (χ4v) is 3.19. The molecule has 0 bridgehead atoms. The van der Waals surface area contributed by atoms with Crippen LogP contribution in [0.4, 0.5) is 11.4 Å². The standard InChI is InChI=1S/C21H13BrN2O3/c22-14-7-9-15(10-8-14)23-19(25)13-5-11-16(12-6-13)24-20(26)17-3-1-2-4-18(17)21(24)27/h1-12H,(H,23,25). The molecule has 132 valence electrons. The lowest BCUT2D eigenvalue weighted by atomic mass is 10.1. The Balaban J connectivity index is 1.54. The minimum atomic E-state index is -0.359. The second-order valence-corrected chi connectivity index (χ2v) is 6.91. The molecule has 0 atom stereocenters. The van der Waals surface area contributed by atoms with Gasteiger partial charge in [-0.1, -0.05) is 28.1 Å². The van der Waals surface area contributed by atoms with Gasteiger partial charge in [0.15, 0.2) is 0 Å². The van der Waals surface area contributed by atoms with Crippen LogP contribution in [0.2, 0.25) is 0 Å². The zero-order valence-electron chi connectivity index (χ0n) is 14.0. The molecule has 0 unspecified atom stereocenters. The summed E-state index contributed by atoms with van der Waals surface area (Å²) in [7, 11) is 0. The molecule has 1 aliphatic heterocycles. The van der Waals surface area contributed by atoms with Gasteiger partial charge >= 0.3 is 0 Å². The van der Waals surface area contributed by atoms with E-state index in [4.69, 9.17) is 0 Å². The first-order chi connectivity index (χ1) is 13.0. The second kappa shape index (κ2) is 6.81. The van der Waals surface area contributed by atoms with E-state index in [-0.39, 0.29) is 17.7 Å². The van der Waals surface area contributed by atoms with Crippen molar-refractivity contribution in [3.8, 4) is 0 Å². The van der Waals surface area contributed by atoms with Crippen LogP contribution in [-0.2, 0) is 0 Å². The summed E-state index contributed by atoms with van der Waals surface area (Å²) in [6, 6.07) is 20.3. The van der Waals surface area contributed by atoms with Crippen molar-refractivity contribution < 1.29 is 14.4 Å². The van der Waals surface area contributed by atoms with Crippen molar-refractivity contribution in [3.63, 3.8) is 0 Å². The molecule has 0 saturated heterocycles. The molecule has 0 radical (unpaired) electrons. The van der Waals surface area contributed by atoms with Gasteiger partial charge in [0, 0.05) is 15.7 Å². The number of fused-ring (bicyclic) bond motifs is 1. The predicted octanol–water partition coefficient (Wildman–Crippen LogP) is 4.50. The summed E-state index contributed by atoms with van der Waals surface area (Å²) in [4.78, 5) is 38.5. The number of carbonyl (C=O) groups is 3. The second-order valence-electron chi connectivity index (χ2n) is 6.00. The van der Waals surface area contributed by atoms with Crippen LogP contribution < -0.4 is 10.2 Å². The van der Waals surface area contributed by atoms with Gasteiger partial charge in [-0.3, -0.25) is 14.4 Å². The number of anilines is 2. The quantitative estimate of drug-likeness (QED) is 0.634. The van der Waals surface area contributed by atoms with E-state index in [2.05, 4.69) is 21.2 Å². The van der Waals surface area contributed by atoms with E-state index in [1.807, 2.05) is 12.1 Å². The monoisotopic (exact) mass is 420 g/mol. The Morgan fingerprint density at radius 2 is 1.33 bits per heavy atom. The number of hydrogen-bond donors (Lipinski definition) is 1. The predicted molar refractivity (Wildman–Crippen MR) is 106 cm³/mol. The Bertz CT molecular complexity index is 1020. The maximum atomic E-state index is 12.5. The van der Waals surface area contributed by atoms with E-state index in [0.717, 1.165) is 9.37 Å². The third-order valence-corrected chi connectivity index (χ3v) is 4.81. The number of imide groups is 1. The first-order valence-electron chi connectivity index (χ1n) is 8.19. The Labute approximate surface area is 163 Å². The van der Waals surface area contributed by atoms with Gasteiger partial charge in [-0.15, -0.1) is 0 Å². The highest BCUT2D eigenvalue weighted by atomic mass is 79.9. The number of benzene rings is 3. The zero-order valence-corrected chi connectivity index (χ0v) is 15.6. The molecule has 3 amide bonds. The van der Waals surface area contributed by atoms with Gasteiger partial charge in [0.2, 0.25) is 0 Å². The van der Waals surface area contributed by atoms with Crippen LogP contribution in [0.3, 0.4) is 0 Å². The maximum absolute atomic E-state index is 12.5. The van der Waals surface area contributed by atoms with Crippen molar-refractivity contribution >= 4 is 45.0 Å². The van der Waals surface area contributed by atoms with Crippen molar-refractivity contribution in [2.24, 2.45) is 0 Å². The highest BCUT2D eigenvalue weighted by Gasteiger charge is 2.36. The molecule has 6 heteroatoms. The van der Waals surface area contributed by atoms with Crippen LogP contribution in [0.25, 0.3) is 0 Å². The van der Waals surface area contributed by atoms with Gasteiger partial charge in [0.05, 0.1) is 16.8 Å². The molecule has 0 saturated carbocycles. The number of rotatable bonds is 3. The van der Waals surface area contributed by atoms with Gasteiger partial charge in [0.25, 0.3) is 17.7 Å². The van der Waals surface area contributed by atoms with E-state index in [1.165, 1.54) is 0 Å². The molecule has 1 N–H and O–H groups in total. The molecule has 3 aromatic rings. The molecule has 27 heavy (non-hydrogen) atoms. The van der Waals surface area contributed by atoms with Crippen LogP contribution in [0.1, 0.15) is 31.1 Å². The molecular formula is C21H13BrN2O3. The van der Waals surface area contributed by atoms with Crippen LogP contribution in [0, 0.1) is 0 Å². The molecule has 1 aliphatic rings. The highest BCUT2D eigenvalue weighted by molar-refractivity contribution is 9.10. The molecule has 4 rings (SSSR count). The average Bonchev–Trinajstić information content (AvgIpc) is 2.95. The maximum Gasteiger partial charge on any atom is 0.266 e. The molecule has 0 fully saturated rings. The number of nitrogens with zero attached hydrogens (tertiary/aromatic N) is 1. The van der Waals surface area contributed by atoms with Crippen molar-refractivity contribution in [2.45, 2.75) is 0 Å². The summed E-state index contributed by atoms with van der Waals surface area (Å²) in [6.07, 6.45) is 0. The van der Waals surface area contributed by atoms with E-state index >= 15 is 0 Å². The molecule has 1 heterocycles. The Kier molecular flexibility index (Phi) is 4.33. The average molecular weight is 421 g/mol. The molecular weight excluding hydrogens is 408 g/mol. The largest absolute Gasteiger partial charge is 0.322 e. The summed E-state index contributed by atoms with van der Waals surface area (Å²) < 4.78 is 0.922. The smallest absolute Gasteiger partial charge is 0.266 e. The lowest BCUT2D eigenvalue weighted by molar-refractivity contribution is 0.0925. The summed E-state index contributed by atoms with van der Waals surface area (Å²) in [6.45, 7) is 0. The number of carbonyl (C=O) groups excluding carboxylic acids is 3. The first kappa shape index (κ1) is 17.2. The topological polar surface area (TPSA) is 66.5 Å². The fourth-order valence-electron chi connectivity index (χ4n) is 2.92. The Morgan fingerprint density at radius 3 is 1.89 bits per heavy atom. The number of amides is 3. The summed E-state index contributed by atoms with van der Waals surface area (Å²) in [5.74, 6) is -0.989. The van der Waals surface area contributed by atoms with Crippen molar-refractivity contribution in [3.05, 3.63) is 94.0 Å². The van der Waals surface area contributed by atoms with E-state index in [9.17, 15) is 14.4 Å². The third kappa shape index (κ3) is 3.15. The van der Waals surface area contributed by atoms with Gasteiger partial charge in [0.1, 0.15) is 0 Å². The van der Waals surface area contributed by atoms with Crippen LogP contribution >= 0.6 is 15.9 Å². The lowest BCUT2D eigenvalue weighted by Gasteiger charge is -2.14. The SMILES string of the molecule is O=C(Nc1ccc(Br)cc1)c1ccc(N2C(=O)c3ccccc3C2=O)cc1. The highest BCUT2D eigenvalue weighted by Crippen LogP contribution is 2.28. The van der Waals surface area contributed by atoms with Crippen LogP contribution in [0.5, 0.6) is 0 Å². The first-order valence-corrected chi connectivity index (χ1v) is 8.99. The van der Waals surface area contributed by atoms with Gasteiger partial charge in [-0.05, 0) is 60.7 Å². The summed E-state index contributed by atoms with van der Waals surface area (Å²) >= 11 is 3.34. The minimum Gasteiger partial charge on any atom is -0.322 e. The Morgan fingerprint density at radius 1 is 0.778 bits per heavy atom. The Hall–Kier alpha value is -3.25. The molecule has 0 aromatic heterocycles.